The van der Waals surface area contributed by atoms with Gasteiger partial charge in [0.2, 0.25) is 0 Å². The van der Waals surface area contributed by atoms with Gasteiger partial charge in [-0.3, -0.25) is 4.79 Å². The van der Waals surface area contributed by atoms with Gasteiger partial charge in [0.05, 0.1) is 11.8 Å². The Labute approximate surface area is 136 Å². The molecular formula is C18H12F2N2O2. The largest absolute Gasteiger partial charge is 0.507 e. The van der Waals surface area contributed by atoms with Crippen LogP contribution in [0.2, 0.25) is 0 Å². The first kappa shape index (κ1) is 15.6. The summed E-state index contributed by atoms with van der Waals surface area (Å²) in [7, 11) is 0. The quantitative estimate of drug-likeness (QED) is 0.571. The molecule has 0 fully saturated rings. The molecule has 0 atom stereocenters. The number of hydrogen-bond donors (Lipinski definition) is 2. The lowest BCUT2D eigenvalue weighted by Gasteiger charge is -2.05. The third-order valence-electron chi connectivity index (χ3n) is 3.37. The summed E-state index contributed by atoms with van der Waals surface area (Å²) in [5.74, 6) is -2.30. The van der Waals surface area contributed by atoms with Gasteiger partial charge in [-0.15, -0.1) is 0 Å². The molecule has 6 heteroatoms. The number of hydrazone groups is 1. The van der Waals surface area contributed by atoms with Crippen LogP contribution >= 0.6 is 0 Å². The number of nitrogens with one attached hydrogen (secondary N) is 1. The number of carbonyl (C=O) groups is 1. The number of fused-ring (bicyclic) bond motifs is 1. The number of aromatic hydroxyl groups is 1. The molecule has 0 aliphatic rings. The topological polar surface area (TPSA) is 61.7 Å². The molecule has 0 aromatic heterocycles. The summed E-state index contributed by atoms with van der Waals surface area (Å²) in [5.41, 5.74) is 2.43. The van der Waals surface area contributed by atoms with Crippen molar-refractivity contribution in [2.75, 3.05) is 0 Å². The van der Waals surface area contributed by atoms with E-state index in [0.717, 1.165) is 35.2 Å². The van der Waals surface area contributed by atoms with E-state index in [4.69, 9.17) is 0 Å². The van der Waals surface area contributed by atoms with E-state index in [2.05, 4.69) is 10.5 Å². The van der Waals surface area contributed by atoms with E-state index in [0.29, 0.717) is 0 Å². The first-order valence-electron chi connectivity index (χ1n) is 7.04. The lowest BCUT2D eigenvalue weighted by molar-refractivity contribution is 0.0952. The van der Waals surface area contributed by atoms with Gasteiger partial charge in [0.1, 0.15) is 17.4 Å². The Balaban J connectivity index is 1.79. The zero-order valence-corrected chi connectivity index (χ0v) is 12.3. The van der Waals surface area contributed by atoms with E-state index in [-0.39, 0.29) is 16.9 Å². The van der Waals surface area contributed by atoms with Gasteiger partial charge in [-0.2, -0.15) is 5.10 Å². The monoisotopic (exact) mass is 326 g/mol. The van der Waals surface area contributed by atoms with E-state index >= 15 is 0 Å². The summed E-state index contributed by atoms with van der Waals surface area (Å²) in [6, 6.07) is 13.2. The molecule has 4 nitrogen and oxygen atoms in total. The van der Waals surface area contributed by atoms with Crippen LogP contribution in [0.5, 0.6) is 5.75 Å². The molecule has 1 amide bonds. The van der Waals surface area contributed by atoms with Crippen LogP contribution in [-0.2, 0) is 0 Å². The zero-order valence-electron chi connectivity index (χ0n) is 12.3. The van der Waals surface area contributed by atoms with Gasteiger partial charge in [0.15, 0.2) is 0 Å². The molecule has 0 saturated carbocycles. The van der Waals surface area contributed by atoms with E-state index in [1.807, 2.05) is 24.3 Å². The van der Waals surface area contributed by atoms with Gasteiger partial charge in [-0.1, -0.05) is 24.3 Å². The fraction of sp³-hybridized carbons (Fsp3) is 0. The second-order valence-corrected chi connectivity index (χ2v) is 5.12. The highest BCUT2D eigenvalue weighted by Gasteiger charge is 2.11. The summed E-state index contributed by atoms with van der Waals surface area (Å²) < 4.78 is 26.1. The molecule has 3 rings (SSSR count). The van der Waals surface area contributed by atoms with Crippen molar-refractivity contribution in [3.8, 4) is 5.75 Å². The number of benzene rings is 3. The summed E-state index contributed by atoms with van der Waals surface area (Å²) >= 11 is 0. The van der Waals surface area contributed by atoms with Crippen LogP contribution < -0.4 is 5.43 Å². The van der Waals surface area contributed by atoms with Gasteiger partial charge in [-0.25, -0.2) is 14.2 Å². The number of phenols is 1. The number of rotatable bonds is 3. The summed E-state index contributed by atoms with van der Waals surface area (Å²) in [6.45, 7) is 0. The van der Waals surface area contributed by atoms with E-state index in [9.17, 15) is 18.7 Å². The maximum absolute atomic E-state index is 13.1. The van der Waals surface area contributed by atoms with Crippen LogP contribution in [0.1, 0.15) is 15.9 Å². The minimum atomic E-state index is -0.741. The Kier molecular flexibility index (Phi) is 4.20. The third kappa shape index (κ3) is 3.38. The Bertz CT molecular complexity index is 935. The summed E-state index contributed by atoms with van der Waals surface area (Å²) in [4.78, 5) is 12.1. The molecule has 2 N–H and O–H groups in total. The molecule has 0 saturated heterocycles. The minimum Gasteiger partial charge on any atom is -0.507 e. The van der Waals surface area contributed by atoms with Crippen LogP contribution in [0, 0.1) is 11.6 Å². The number of carbonyl (C=O) groups excluding carboxylic acids is 1. The molecule has 24 heavy (non-hydrogen) atoms. The van der Waals surface area contributed by atoms with Crippen LogP contribution in [0.25, 0.3) is 10.8 Å². The first-order chi connectivity index (χ1) is 11.5. The van der Waals surface area contributed by atoms with Crippen molar-refractivity contribution in [2.45, 2.75) is 0 Å². The Morgan fingerprint density at radius 3 is 2.29 bits per heavy atom. The lowest BCUT2D eigenvalue weighted by Crippen LogP contribution is -2.17. The van der Waals surface area contributed by atoms with Crippen molar-refractivity contribution in [1.82, 2.24) is 5.43 Å². The third-order valence-corrected chi connectivity index (χ3v) is 3.37. The fourth-order valence-corrected chi connectivity index (χ4v) is 2.29. The molecular weight excluding hydrogens is 314 g/mol. The number of nitrogens with zero attached hydrogens (tertiary/aromatic N) is 1. The second-order valence-electron chi connectivity index (χ2n) is 5.12. The average Bonchev–Trinajstić information content (AvgIpc) is 2.53. The highest BCUT2D eigenvalue weighted by atomic mass is 19.1. The highest BCUT2D eigenvalue weighted by Crippen LogP contribution is 2.24. The SMILES string of the molecule is O=C(NN=Cc1cc(F)cc(F)c1)c1cc2ccccc2cc1O. The van der Waals surface area contributed by atoms with Crippen molar-refractivity contribution in [1.29, 1.82) is 0 Å². The van der Waals surface area contributed by atoms with Crippen LogP contribution in [0.15, 0.2) is 59.7 Å². The van der Waals surface area contributed by atoms with Crippen molar-refractivity contribution in [3.05, 3.63) is 77.4 Å². The molecule has 0 heterocycles. The van der Waals surface area contributed by atoms with Crippen molar-refractivity contribution in [2.24, 2.45) is 5.10 Å². The number of amides is 1. The maximum atomic E-state index is 13.1. The Morgan fingerprint density at radius 2 is 1.62 bits per heavy atom. The molecule has 0 bridgehead atoms. The Hall–Kier alpha value is -3.28. The van der Waals surface area contributed by atoms with Gasteiger partial charge in [0, 0.05) is 11.6 Å². The molecule has 3 aromatic carbocycles. The van der Waals surface area contributed by atoms with Gasteiger partial charge in [0.25, 0.3) is 5.91 Å². The van der Waals surface area contributed by atoms with E-state index in [1.165, 1.54) is 12.1 Å². The van der Waals surface area contributed by atoms with E-state index < -0.39 is 17.5 Å². The normalized spacial score (nSPS) is 11.1. The summed E-state index contributed by atoms with van der Waals surface area (Å²) in [5, 5.41) is 15.2. The first-order valence-corrected chi connectivity index (χ1v) is 7.04. The van der Waals surface area contributed by atoms with Gasteiger partial charge >= 0.3 is 0 Å². The molecule has 0 radical (unpaired) electrons. The predicted octanol–water partition coefficient (Wildman–Crippen LogP) is 3.59. The van der Waals surface area contributed by atoms with Crippen LogP contribution in [0.4, 0.5) is 8.78 Å². The molecule has 3 aromatic rings. The Morgan fingerprint density at radius 1 is 1.00 bits per heavy atom. The average molecular weight is 326 g/mol. The number of phenolic OH excluding ortho intramolecular Hbond substituents is 1. The molecule has 0 unspecified atom stereocenters. The van der Waals surface area contributed by atoms with Crippen LogP contribution in [-0.4, -0.2) is 17.2 Å². The molecule has 120 valence electrons. The second kappa shape index (κ2) is 6.45. The lowest BCUT2D eigenvalue weighted by atomic mass is 10.1. The minimum absolute atomic E-state index is 0.0521. The molecule has 0 aliphatic carbocycles. The summed E-state index contributed by atoms with van der Waals surface area (Å²) in [6.07, 6.45) is 1.11. The molecule has 0 spiro atoms. The number of hydrogen-bond acceptors (Lipinski definition) is 3. The standard InChI is InChI=1S/C18H12F2N2O2/c19-14-5-11(6-15(20)9-14)10-21-22-18(24)16-7-12-3-1-2-4-13(12)8-17(16)23/h1-10,23H,(H,22,24). The van der Waals surface area contributed by atoms with E-state index in [1.54, 1.807) is 0 Å². The smallest absolute Gasteiger partial charge is 0.275 e. The van der Waals surface area contributed by atoms with Gasteiger partial charge < -0.3 is 5.11 Å². The molecule has 0 aliphatic heterocycles. The zero-order chi connectivity index (χ0) is 17.1. The number of halogens is 2. The van der Waals surface area contributed by atoms with Crippen molar-refractivity contribution < 1.29 is 18.7 Å². The van der Waals surface area contributed by atoms with Crippen LogP contribution in [0.3, 0.4) is 0 Å². The van der Waals surface area contributed by atoms with Crippen molar-refractivity contribution in [3.63, 3.8) is 0 Å². The highest BCUT2D eigenvalue weighted by molar-refractivity contribution is 6.01. The fourth-order valence-electron chi connectivity index (χ4n) is 2.29. The maximum Gasteiger partial charge on any atom is 0.275 e. The van der Waals surface area contributed by atoms with Gasteiger partial charge in [-0.05, 0) is 35.0 Å². The predicted molar refractivity (Wildman–Crippen MR) is 87.0 cm³/mol. The van der Waals surface area contributed by atoms with Crippen molar-refractivity contribution >= 4 is 22.9 Å².